The summed E-state index contributed by atoms with van der Waals surface area (Å²) in [6.07, 6.45) is 0.748. The van der Waals surface area contributed by atoms with E-state index >= 15 is 9.59 Å². The summed E-state index contributed by atoms with van der Waals surface area (Å²) in [4.78, 5) is 102. The Labute approximate surface area is 432 Å². The fourth-order valence-corrected chi connectivity index (χ4v) is 9.24. The number of aromatic nitrogens is 1. The molecule has 15 nitrogen and oxygen atoms in total. The number of rotatable bonds is 29. The highest BCUT2D eigenvalue weighted by molar-refractivity contribution is 5.97. The number of carbonyl (C=O) groups excluding carboxylic acids is 6. The number of amides is 3. The third-order valence-electron chi connectivity index (χ3n) is 13.1. The predicted molar refractivity (Wildman–Crippen MR) is 278 cm³/mol. The number of ether oxygens (including phenoxy) is 1. The number of ketones is 2. The fraction of sp³-hybridized carbons (Fsp3) is 0.600. The molecule has 1 heterocycles. The van der Waals surface area contributed by atoms with Gasteiger partial charge in [-0.3, -0.25) is 24.0 Å². The molecule has 0 unspecified atom stereocenters. The second kappa shape index (κ2) is 29.1. The summed E-state index contributed by atoms with van der Waals surface area (Å²) >= 11 is 0. The van der Waals surface area contributed by atoms with E-state index in [-0.39, 0.29) is 92.1 Å². The minimum Gasteiger partial charge on any atom is -0.479 e. The first-order valence-electron chi connectivity index (χ1n) is 25.0. The van der Waals surface area contributed by atoms with Crippen LogP contribution >= 0.6 is 12.4 Å². The third kappa shape index (κ3) is 18.1. The largest absolute Gasteiger partial charge is 0.479 e. The van der Waals surface area contributed by atoms with Crippen molar-refractivity contribution in [3.05, 3.63) is 71.7 Å². The van der Waals surface area contributed by atoms with Crippen LogP contribution < -0.4 is 5.73 Å². The van der Waals surface area contributed by atoms with Crippen molar-refractivity contribution in [2.24, 2.45) is 41.2 Å². The normalized spacial score (nSPS) is 14.4. The zero-order chi connectivity index (χ0) is 53.4. The maximum Gasteiger partial charge on any atom is 0.345 e. The lowest BCUT2D eigenvalue weighted by molar-refractivity contribution is -0.169. The summed E-state index contributed by atoms with van der Waals surface area (Å²) in [5.74, 6) is -6.67. The Morgan fingerprint density at radius 1 is 0.708 bits per heavy atom. The Bertz CT molecular complexity index is 2340. The monoisotopic (exact) mass is 1020 g/mol. The van der Waals surface area contributed by atoms with Gasteiger partial charge in [-0.2, -0.15) is 5.26 Å². The van der Waals surface area contributed by atoms with Crippen LogP contribution in [0.2, 0.25) is 0 Å². The molecule has 0 saturated heterocycles. The van der Waals surface area contributed by atoms with Crippen molar-refractivity contribution in [2.45, 2.75) is 157 Å². The van der Waals surface area contributed by atoms with Crippen LogP contribution in [0, 0.1) is 52.7 Å². The van der Waals surface area contributed by atoms with Gasteiger partial charge in [0.05, 0.1) is 24.2 Å². The maximum atomic E-state index is 15.2. The molecule has 0 fully saturated rings. The highest BCUT2D eigenvalue weighted by atomic mass is 35.5. The molecule has 3 aromatic rings. The number of carboxylic acids is 1. The topological polar surface area (TPSA) is 213 Å². The van der Waals surface area contributed by atoms with E-state index in [1.165, 1.54) is 35.9 Å². The third-order valence-corrected chi connectivity index (χ3v) is 13.1. The van der Waals surface area contributed by atoms with Crippen LogP contribution in [0.1, 0.15) is 125 Å². The van der Waals surface area contributed by atoms with Gasteiger partial charge < -0.3 is 34.8 Å². The SMILES string of the molecule is CC(C)C[C@H](CC(=O)[C@H](Cc1cn(Cc2ccc(F)cc2)c2ccccc12)N(C)C(=O)[C@@H](CC(=O)[C@H](CC(C)C)N(C)C(=O)[C@@H](N)CC(C)C)CC(C)C)C(=O)N(C)[C@@H](C)C(=O)O[C@H](CCC#N)C(=O)O.Cl. The number of benzene rings is 2. The van der Waals surface area contributed by atoms with Crippen LogP contribution in [0.25, 0.3) is 10.9 Å². The van der Waals surface area contributed by atoms with Crippen molar-refractivity contribution in [1.82, 2.24) is 19.3 Å². The smallest absolute Gasteiger partial charge is 0.345 e. The molecule has 0 spiro atoms. The number of aliphatic carboxylic acids is 1. The number of nitrogens with zero attached hydrogens (tertiary/aromatic N) is 5. The zero-order valence-corrected chi connectivity index (χ0v) is 45.2. The minimum absolute atomic E-state index is 0. The Morgan fingerprint density at radius 2 is 1.21 bits per heavy atom. The van der Waals surface area contributed by atoms with Crippen molar-refractivity contribution < 1.29 is 47.8 Å². The van der Waals surface area contributed by atoms with Gasteiger partial charge in [0.25, 0.3) is 0 Å². The molecule has 0 radical (unpaired) electrons. The second-order valence-electron chi connectivity index (χ2n) is 21.0. The number of hydrogen-bond acceptors (Lipinski definition) is 10. The van der Waals surface area contributed by atoms with Crippen molar-refractivity contribution in [2.75, 3.05) is 21.1 Å². The molecule has 0 aliphatic carbocycles. The summed E-state index contributed by atoms with van der Waals surface area (Å²) in [5.41, 5.74) is 8.74. The van der Waals surface area contributed by atoms with Crippen molar-refractivity contribution in [3.63, 3.8) is 0 Å². The average Bonchev–Trinajstić information content (AvgIpc) is 3.65. The van der Waals surface area contributed by atoms with Crippen molar-refractivity contribution >= 4 is 64.5 Å². The van der Waals surface area contributed by atoms with Crippen LogP contribution in [0.4, 0.5) is 4.39 Å². The number of carboxylic acid groups (broad SMARTS) is 1. The van der Waals surface area contributed by atoms with Gasteiger partial charge in [0, 0.05) is 88.7 Å². The summed E-state index contributed by atoms with van der Waals surface area (Å²) in [7, 11) is 4.50. The summed E-state index contributed by atoms with van der Waals surface area (Å²) in [6.45, 7) is 17.3. The van der Waals surface area contributed by atoms with Gasteiger partial charge in [-0.1, -0.05) is 85.7 Å². The average molecular weight is 1020 g/mol. The lowest BCUT2D eigenvalue weighted by Crippen LogP contribution is -2.51. The number of halogens is 2. The van der Waals surface area contributed by atoms with E-state index < -0.39 is 71.6 Å². The molecule has 17 heteroatoms. The molecule has 0 saturated carbocycles. The Balaban J connectivity index is 0.0000178. The highest BCUT2D eigenvalue weighted by Gasteiger charge is 2.39. The number of nitrogens with two attached hydrogens (primary N) is 1. The first kappa shape index (κ1) is 62.5. The van der Waals surface area contributed by atoms with E-state index in [9.17, 15) is 33.5 Å². The van der Waals surface area contributed by atoms with Crippen LogP contribution in [-0.4, -0.2) is 117 Å². The van der Waals surface area contributed by atoms with E-state index in [0.717, 1.165) is 26.9 Å². The quantitative estimate of drug-likeness (QED) is 0.0632. The number of Topliss-reactive ketones (excluding diaryl/α,β-unsaturated/α-hetero) is 2. The van der Waals surface area contributed by atoms with Crippen LogP contribution in [-0.2, 0) is 51.3 Å². The zero-order valence-electron chi connectivity index (χ0n) is 44.4. The molecule has 0 aliphatic heterocycles. The van der Waals surface area contributed by atoms with E-state index in [4.69, 9.17) is 15.7 Å². The van der Waals surface area contributed by atoms with Gasteiger partial charge in [0.1, 0.15) is 11.9 Å². The molecule has 398 valence electrons. The Morgan fingerprint density at radius 3 is 1.72 bits per heavy atom. The lowest BCUT2D eigenvalue weighted by atomic mass is 9.85. The molecular formula is C55H80ClFN6O9. The molecule has 3 rings (SSSR count). The van der Waals surface area contributed by atoms with E-state index in [0.29, 0.717) is 25.8 Å². The molecule has 3 amide bonds. The second-order valence-corrected chi connectivity index (χ2v) is 21.0. The maximum absolute atomic E-state index is 15.2. The van der Waals surface area contributed by atoms with Gasteiger partial charge in [-0.25, -0.2) is 14.0 Å². The van der Waals surface area contributed by atoms with Gasteiger partial charge in [-0.15, -0.1) is 12.4 Å². The summed E-state index contributed by atoms with van der Waals surface area (Å²) in [5, 5.41) is 19.4. The molecule has 3 N–H and O–H groups in total. The van der Waals surface area contributed by atoms with Gasteiger partial charge in [0.15, 0.2) is 17.7 Å². The predicted octanol–water partition coefficient (Wildman–Crippen LogP) is 8.26. The van der Waals surface area contributed by atoms with E-state index in [2.05, 4.69) is 0 Å². The highest BCUT2D eigenvalue weighted by Crippen LogP contribution is 2.30. The Kier molecular flexibility index (Phi) is 25.3. The lowest BCUT2D eigenvalue weighted by Gasteiger charge is -2.34. The van der Waals surface area contributed by atoms with Crippen molar-refractivity contribution in [1.29, 1.82) is 5.26 Å². The molecule has 0 aliphatic rings. The number of carbonyl (C=O) groups is 7. The van der Waals surface area contributed by atoms with E-state index in [1.54, 1.807) is 26.2 Å². The molecule has 7 atom stereocenters. The van der Waals surface area contributed by atoms with Crippen LogP contribution in [0.5, 0.6) is 0 Å². The van der Waals surface area contributed by atoms with Gasteiger partial charge >= 0.3 is 11.9 Å². The number of esters is 1. The first-order chi connectivity index (χ1) is 33.3. The molecular weight excluding hydrogens is 943 g/mol. The van der Waals surface area contributed by atoms with Gasteiger partial charge in [-0.05, 0) is 85.6 Å². The molecule has 1 aromatic heterocycles. The van der Waals surface area contributed by atoms with E-state index in [1.807, 2.05) is 96.5 Å². The van der Waals surface area contributed by atoms with Crippen molar-refractivity contribution in [3.8, 4) is 6.07 Å². The van der Waals surface area contributed by atoms with Crippen LogP contribution in [0.15, 0.2) is 54.7 Å². The Hall–Kier alpha value is -5.66. The molecule has 0 bridgehead atoms. The van der Waals surface area contributed by atoms with Crippen LogP contribution in [0.3, 0.4) is 0 Å². The number of likely N-dealkylation sites (N-methyl/N-ethyl adjacent to an activating group) is 3. The molecule has 2 aromatic carbocycles. The summed E-state index contributed by atoms with van der Waals surface area (Å²) in [6, 6.07) is 11.6. The molecule has 72 heavy (non-hydrogen) atoms. The number of fused-ring (bicyclic) bond motifs is 1. The number of hydrogen-bond donors (Lipinski definition) is 2. The first-order valence-corrected chi connectivity index (χ1v) is 25.0. The number of nitriles is 1. The standard InChI is InChI=1S/C55H79FN6O9.ClH/c1-33(2)24-39(51(65)59(10)37(9)55(70)71-50(54(68)69)18-15-23-57)29-49(64)47(28-41-32-62(45-17-14-13-16-43(41)45)31-38-19-21-42(56)22-20-38)60(11)52(66)40(25-34(3)4)30-48(63)46(27-36(7)8)61(12)53(67)44(58)26-35(5)6;/h13-14,16-17,19-22,32-37,39-40,44,46-47,50H,15,18,24-31,58H2,1-12H3,(H,68,69);1H/t37-,39+,40+,44-,46-,47-,50+;/m0./s1. The number of para-hydroxylation sites is 1. The van der Waals surface area contributed by atoms with Gasteiger partial charge in [0.2, 0.25) is 17.7 Å². The fourth-order valence-electron chi connectivity index (χ4n) is 9.24. The summed E-state index contributed by atoms with van der Waals surface area (Å²) < 4.78 is 21.1. The minimum atomic E-state index is -1.59.